The summed E-state index contributed by atoms with van der Waals surface area (Å²) in [6.07, 6.45) is 0. The van der Waals surface area contributed by atoms with Gasteiger partial charge < -0.3 is 10.4 Å². The van der Waals surface area contributed by atoms with E-state index in [0.29, 0.717) is 12.4 Å². The van der Waals surface area contributed by atoms with Gasteiger partial charge in [0.25, 0.3) is 0 Å². The summed E-state index contributed by atoms with van der Waals surface area (Å²) in [5.41, 5.74) is 0. The monoisotopic (exact) mass is 208 g/mol. The third-order valence-electron chi connectivity index (χ3n) is 1.02. The number of nitrogens with zero attached hydrogens (tertiary/aromatic N) is 3. The van der Waals surface area contributed by atoms with Crippen LogP contribution < -0.4 is 5.32 Å². The number of anilines is 1. The Kier molecular flexibility index (Phi) is 3.46. The summed E-state index contributed by atoms with van der Waals surface area (Å²) in [7, 11) is 0. The third-order valence-corrected chi connectivity index (χ3v) is 1.44. The first kappa shape index (κ1) is 9.44. The van der Waals surface area contributed by atoms with Crippen molar-refractivity contribution in [3.8, 4) is 0 Å². The molecule has 0 saturated carbocycles. The van der Waals surface area contributed by atoms with Gasteiger partial charge in [0.05, 0.1) is 6.61 Å². The molecule has 0 aliphatic rings. The first-order valence-corrected chi connectivity index (χ1v) is 3.90. The fourth-order valence-corrected chi connectivity index (χ4v) is 0.849. The highest BCUT2D eigenvalue weighted by Gasteiger charge is 2.03. The molecule has 2 N–H and O–H groups in total. The molecule has 0 bridgehead atoms. The number of aromatic nitrogens is 3. The zero-order chi connectivity index (χ0) is 8.97. The Morgan fingerprint density at radius 2 is 2.08 bits per heavy atom. The van der Waals surface area contributed by atoms with Gasteiger partial charge in [-0.15, -0.1) is 10.2 Å². The lowest BCUT2D eigenvalue weighted by atomic mass is 10.6. The maximum Gasteiger partial charge on any atom is 0.245 e. The van der Waals surface area contributed by atoms with Gasteiger partial charge in [0.2, 0.25) is 5.28 Å². The SMILES string of the molecule is OCCNc1nc(Cl)nnc1Cl. The molecule has 5 nitrogen and oxygen atoms in total. The van der Waals surface area contributed by atoms with Gasteiger partial charge in [0.1, 0.15) is 0 Å². The molecule has 12 heavy (non-hydrogen) atoms. The molecule has 0 aromatic carbocycles. The molecule has 66 valence electrons. The Bertz CT molecular complexity index is 270. The van der Waals surface area contributed by atoms with Gasteiger partial charge in [0, 0.05) is 6.54 Å². The molecular formula is C5H6Cl2N4O. The lowest BCUT2D eigenvalue weighted by molar-refractivity contribution is 0.311. The Balaban J connectivity index is 2.75. The number of hydrogen-bond acceptors (Lipinski definition) is 5. The molecule has 0 unspecified atom stereocenters. The van der Waals surface area contributed by atoms with Crippen molar-refractivity contribution < 1.29 is 5.11 Å². The Morgan fingerprint density at radius 1 is 1.33 bits per heavy atom. The molecule has 0 aliphatic heterocycles. The van der Waals surface area contributed by atoms with Gasteiger partial charge in [0.15, 0.2) is 11.0 Å². The Hall–Kier alpha value is -0.650. The van der Waals surface area contributed by atoms with Gasteiger partial charge in [-0.1, -0.05) is 11.6 Å². The minimum absolute atomic E-state index is 0.0137. The van der Waals surface area contributed by atoms with E-state index in [9.17, 15) is 0 Å². The molecular weight excluding hydrogens is 203 g/mol. The first-order chi connectivity index (χ1) is 5.74. The molecule has 0 amide bonds. The van der Waals surface area contributed by atoms with Crippen molar-refractivity contribution in [2.75, 3.05) is 18.5 Å². The lowest BCUT2D eigenvalue weighted by Gasteiger charge is -2.02. The number of aliphatic hydroxyl groups excluding tert-OH is 1. The van der Waals surface area contributed by atoms with Crippen molar-refractivity contribution in [2.24, 2.45) is 0 Å². The Labute approximate surface area is 78.7 Å². The van der Waals surface area contributed by atoms with E-state index >= 15 is 0 Å². The van der Waals surface area contributed by atoms with E-state index in [2.05, 4.69) is 20.5 Å². The lowest BCUT2D eigenvalue weighted by Crippen LogP contribution is -2.08. The minimum Gasteiger partial charge on any atom is -0.395 e. The zero-order valence-corrected chi connectivity index (χ0v) is 7.47. The standard InChI is InChI=1S/C5H6Cl2N4O/c6-3-4(8-1-2-12)9-5(7)11-10-3/h12H,1-2H2,(H,8,9,11). The van der Waals surface area contributed by atoms with E-state index < -0.39 is 0 Å². The summed E-state index contributed by atoms with van der Waals surface area (Å²) >= 11 is 11.0. The van der Waals surface area contributed by atoms with Crippen LogP contribution in [0.5, 0.6) is 0 Å². The second-order valence-electron chi connectivity index (χ2n) is 1.87. The van der Waals surface area contributed by atoms with Crippen molar-refractivity contribution in [1.82, 2.24) is 15.2 Å². The van der Waals surface area contributed by atoms with Crippen LogP contribution in [-0.2, 0) is 0 Å². The fraction of sp³-hybridized carbons (Fsp3) is 0.400. The van der Waals surface area contributed by atoms with E-state index in [1.807, 2.05) is 0 Å². The zero-order valence-electron chi connectivity index (χ0n) is 5.96. The highest BCUT2D eigenvalue weighted by Crippen LogP contribution is 2.15. The quantitative estimate of drug-likeness (QED) is 0.761. The average Bonchev–Trinajstić information content (AvgIpc) is 2.07. The first-order valence-electron chi connectivity index (χ1n) is 3.14. The van der Waals surface area contributed by atoms with Crippen molar-refractivity contribution in [3.63, 3.8) is 0 Å². The number of nitrogens with one attached hydrogen (secondary N) is 1. The number of halogens is 2. The highest BCUT2D eigenvalue weighted by atomic mass is 35.5. The van der Waals surface area contributed by atoms with Crippen molar-refractivity contribution >= 4 is 29.0 Å². The van der Waals surface area contributed by atoms with Crippen LogP contribution >= 0.6 is 23.2 Å². The predicted octanol–water partition coefficient (Wildman–Crippen LogP) is 0.583. The number of hydrogen-bond donors (Lipinski definition) is 2. The van der Waals surface area contributed by atoms with Gasteiger partial charge in [-0.05, 0) is 11.6 Å². The summed E-state index contributed by atoms with van der Waals surface area (Å²) in [6, 6.07) is 0. The Morgan fingerprint density at radius 3 is 2.75 bits per heavy atom. The van der Waals surface area contributed by atoms with Crippen LogP contribution in [0.25, 0.3) is 0 Å². The molecule has 7 heteroatoms. The minimum atomic E-state index is -0.0159. The van der Waals surface area contributed by atoms with Gasteiger partial charge in [-0.25, -0.2) is 0 Å². The second-order valence-corrected chi connectivity index (χ2v) is 2.57. The van der Waals surface area contributed by atoms with Gasteiger partial charge in [-0.3, -0.25) is 0 Å². The van der Waals surface area contributed by atoms with E-state index in [1.54, 1.807) is 0 Å². The van der Waals surface area contributed by atoms with Gasteiger partial charge >= 0.3 is 0 Å². The summed E-state index contributed by atoms with van der Waals surface area (Å²) in [4.78, 5) is 3.75. The van der Waals surface area contributed by atoms with Crippen LogP contribution in [0.2, 0.25) is 10.4 Å². The molecule has 1 aromatic heterocycles. The number of rotatable bonds is 3. The number of aliphatic hydroxyl groups is 1. The summed E-state index contributed by atoms with van der Waals surface area (Å²) in [5, 5.41) is 18.3. The highest BCUT2D eigenvalue weighted by molar-refractivity contribution is 6.32. The molecule has 0 spiro atoms. The van der Waals surface area contributed by atoms with Crippen LogP contribution in [0, 0.1) is 0 Å². The average molecular weight is 209 g/mol. The fourth-order valence-electron chi connectivity index (χ4n) is 0.580. The molecule has 0 fully saturated rings. The predicted molar refractivity (Wildman–Crippen MR) is 45.4 cm³/mol. The third kappa shape index (κ3) is 2.44. The molecule has 0 radical (unpaired) electrons. The van der Waals surface area contributed by atoms with Crippen LogP contribution in [-0.4, -0.2) is 33.4 Å². The maximum atomic E-state index is 8.49. The van der Waals surface area contributed by atoms with Crippen LogP contribution in [0.3, 0.4) is 0 Å². The summed E-state index contributed by atoms with van der Waals surface area (Å²) in [5.74, 6) is 0.325. The van der Waals surface area contributed by atoms with Crippen molar-refractivity contribution in [3.05, 3.63) is 10.4 Å². The van der Waals surface area contributed by atoms with Crippen LogP contribution in [0.1, 0.15) is 0 Å². The summed E-state index contributed by atoms with van der Waals surface area (Å²) in [6.45, 7) is 0.326. The van der Waals surface area contributed by atoms with E-state index in [-0.39, 0.29) is 17.0 Å². The molecule has 0 aliphatic carbocycles. The maximum absolute atomic E-state index is 8.49. The van der Waals surface area contributed by atoms with Gasteiger partial charge in [-0.2, -0.15) is 4.98 Å². The molecule has 0 saturated heterocycles. The second kappa shape index (κ2) is 4.39. The smallest absolute Gasteiger partial charge is 0.245 e. The molecule has 1 heterocycles. The largest absolute Gasteiger partial charge is 0.395 e. The summed E-state index contributed by atoms with van der Waals surface area (Å²) < 4.78 is 0. The molecule has 1 rings (SSSR count). The van der Waals surface area contributed by atoms with Crippen molar-refractivity contribution in [2.45, 2.75) is 0 Å². The topological polar surface area (TPSA) is 70.9 Å². The van der Waals surface area contributed by atoms with Crippen LogP contribution in [0.4, 0.5) is 5.82 Å². The normalized spacial score (nSPS) is 9.92. The molecule has 0 atom stereocenters. The van der Waals surface area contributed by atoms with E-state index in [1.165, 1.54) is 0 Å². The molecule has 1 aromatic rings. The van der Waals surface area contributed by atoms with E-state index in [4.69, 9.17) is 28.3 Å². The van der Waals surface area contributed by atoms with Crippen LogP contribution in [0.15, 0.2) is 0 Å². The van der Waals surface area contributed by atoms with Crippen molar-refractivity contribution in [1.29, 1.82) is 0 Å². The van der Waals surface area contributed by atoms with E-state index in [0.717, 1.165) is 0 Å².